The Morgan fingerprint density at radius 2 is 1.69 bits per heavy atom. The van der Waals surface area contributed by atoms with E-state index in [9.17, 15) is 19.5 Å². The first kappa shape index (κ1) is 35.9. The monoisotopic (exact) mass is 677 g/mol. The molecule has 0 aromatic rings. The molecule has 5 saturated carbocycles. The molecule has 6 fully saturated rings. The predicted octanol–water partition coefficient (Wildman–Crippen LogP) is 8.24. The van der Waals surface area contributed by atoms with Crippen LogP contribution in [0.1, 0.15) is 138 Å². The molecule has 0 bridgehead atoms. The largest absolute Gasteiger partial charge is 0.481 e. The van der Waals surface area contributed by atoms with Crippen LogP contribution in [-0.4, -0.2) is 48.3 Å². The van der Waals surface area contributed by atoms with E-state index in [1.165, 1.54) is 63.4 Å². The minimum atomic E-state index is -0.741. The molecule has 12 atom stereocenters. The molecule has 6 aliphatic carbocycles. The highest BCUT2D eigenvalue weighted by atomic mass is 16.4. The predicted molar refractivity (Wildman–Crippen MR) is 195 cm³/mol. The number of carboxylic acids is 1. The lowest BCUT2D eigenvalue weighted by atomic mass is 9.35. The first-order chi connectivity index (χ1) is 23.1. The maximum absolute atomic E-state index is 13.9. The van der Waals surface area contributed by atoms with E-state index in [1.54, 1.807) is 5.57 Å². The second-order valence-electron chi connectivity index (χ2n) is 20.0. The van der Waals surface area contributed by atoms with Gasteiger partial charge in [0.2, 0.25) is 0 Å². The number of hydrogen-bond acceptors (Lipinski definition) is 5. The zero-order valence-electron chi connectivity index (χ0n) is 32.0. The number of rotatable bonds is 10. The molecule has 6 heteroatoms. The third-order valence-corrected chi connectivity index (χ3v) is 17.3. The van der Waals surface area contributed by atoms with Gasteiger partial charge in [-0.05, 0) is 153 Å². The summed E-state index contributed by atoms with van der Waals surface area (Å²) >= 11 is 0. The van der Waals surface area contributed by atoms with Crippen LogP contribution in [0.3, 0.4) is 0 Å². The summed E-state index contributed by atoms with van der Waals surface area (Å²) in [5.74, 6) is 2.77. The highest BCUT2D eigenvalue weighted by Crippen LogP contribution is 2.74. The highest BCUT2D eigenvalue weighted by Gasteiger charge is 2.66. The number of aliphatic carboxylic acids is 1. The lowest BCUT2D eigenvalue weighted by molar-refractivity contribution is -0.193. The van der Waals surface area contributed by atoms with Crippen LogP contribution < -0.4 is 10.6 Å². The molecule has 0 spiro atoms. The molecule has 1 saturated heterocycles. The molecule has 7 aliphatic rings. The molecule has 0 amide bonds. The number of carboxylic acid groups (broad SMARTS) is 1. The second kappa shape index (κ2) is 12.8. The fourth-order valence-corrected chi connectivity index (χ4v) is 14.6. The molecule has 0 radical (unpaired) electrons. The van der Waals surface area contributed by atoms with E-state index in [1.807, 2.05) is 6.92 Å². The quantitative estimate of drug-likeness (QED) is 0.202. The van der Waals surface area contributed by atoms with Gasteiger partial charge in [0.25, 0.3) is 0 Å². The van der Waals surface area contributed by atoms with E-state index >= 15 is 0 Å². The van der Waals surface area contributed by atoms with E-state index < -0.39 is 5.97 Å². The number of carbonyl (C=O) groups excluding carboxylic acids is 2. The molecule has 3 N–H and O–H groups in total. The lowest BCUT2D eigenvalue weighted by Gasteiger charge is -2.69. The van der Waals surface area contributed by atoms with Gasteiger partial charge in [-0.15, -0.1) is 0 Å². The molecular weight excluding hydrogens is 608 g/mol. The second-order valence-corrected chi connectivity index (χ2v) is 20.0. The van der Waals surface area contributed by atoms with Crippen molar-refractivity contribution < 1.29 is 19.5 Å². The molecule has 0 aromatic carbocycles. The van der Waals surface area contributed by atoms with Crippen LogP contribution >= 0.6 is 0 Å². The van der Waals surface area contributed by atoms with Gasteiger partial charge in [0, 0.05) is 36.8 Å². The van der Waals surface area contributed by atoms with Crippen LogP contribution in [0.15, 0.2) is 11.1 Å². The SMILES string of the molecule is CC(C)C1=C2C3CCC4C(C)(CCC5C(C)(C)C(CC(=O)C6CC(C(=O)O)C6C)CCC54C)C3CCC2(CCNCC2CCCN2)CC1=O. The van der Waals surface area contributed by atoms with E-state index in [2.05, 4.69) is 52.2 Å². The Morgan fingerprint density at radius 3 is 2.37 bits per heavy atom. The van der Waals surface area contributed by atoms with Crippen LogP contribution in [0.25, 0.3) is 0 Å². The van der Waals surface area contributed by atoms with Crippen molar-refractivity contribution in [2.75, 3.05) is 19.6 Å². The summed E-state index contributed by atoms with van der Waals surface area (Å²) < 4.78 is 0. The maximum Gasteiger partial charge on any atom is 0.306 e. The average Bonchev–Trinajstić information content (AvgIpc) is 3.65. The molecule has 12 unspecified atom stereocenters. The van der Waals surface area contributed by atoms with Crippen molar-refractivity contribution in [1.82, 2.24) is 10.6 Å². The average molecular weight is 677 g/mol. The van der Waals surface area contributed by atoms with Crippen LogP contribution in [0.4, 0.5) is 0 Å². The van der Waals surface area contributed by atoms with E-state index in [0.717, 1.165) is 38.9 Å². The molecular formula is C43H68N2O4. The van der Waals surface area contributed by atoms with Gasteiger partial charge in [0.05, 0.1) is 5.92 Å². The van der Waals surface area contributed by atoms with Gasteiger partial charge in [0.1, 0.15) is 5.78 Å². The minimum Gasteiger partial charge on any atom is -0.481 e. The summed E-state index contributed by atoms with van der Waals surface area (Å²) in [5, 5.41) is 16.9. The fourth-order valence-electron chi connectivity index (χ4n) is 14.6. The highest BCUT2D eigenvalue weighted by molar-refractivity contribution is 6.00. The zero-order valence-corrected chi connectivity index (χ0v) is 32.0. The zero-order chi connectivity index (χ0) is 35.1. The lowest BCUT2D eigenvalue weighted by Crippen LogP contribution is -2.62. The van der Waals surface area contributed by atoms with Crippen LogP contribution in [0, 0.1) is 74.9 Å². The minimum absolute atomic E-state index is 0.0336. The van der Waals surface area contributed by atoms with Crippen LogP contribution in [-0.2, 0) is 14.4 Å². The normalized spacial score (nSPS) is 45.7. The number of carbonyl (C=O) groups is 3. The molecule has 49 heavy (non-hydrogen) atoms. The van der Waals surface area contributed by atoms with E-state index in [-0.39, 0.29) is 34.0 Å². The van der Waals surface area contributed by atoms with Gasteiger partial charge in [-0.1, -0.05) is 54.0 Å². The Kier molecular flexibility index (Phi) is 9.40. The summed E-state index contributed by atoms with van der Waals surface area (Å²) in [6.45, 7) is 20.0. The summed E-state index contributed by atoms with van der Waals surface area (Å²) in [4.78, 5) is 39.0. The molecule has 1 aliphatic heterocycles. The number of ketones is 2. The summed E-state index contributed by atoms with van der Waals surface area (Å²) in [6, 6.07) is 0.602. The van der Waals surface area contributed by atoms with Gasteiger partial charge >= 0.3 is 5.97 Å². The van der Waals surface area contributed by atoms with Crippen LogP contribution in [0.5, 0.6) is 0 Å². The topological polar surface area (TPSA) is 95.5 Å². The first-order valence-corrected chi connectivity index (χ1v) is 20.6. The van der Waals surface area contributed by atoms with Crippen molar-refractivity contribution in [1.29, 1.82) is 0 Å². The molecule has 274 valence electrons. The van der Waals surface area contributed by atoms with E-state index in [4.69, 9.17) is 0 Å². The number of hydrogen-bond donors (Lipinski definition) is 3. The van der Waals surface area contributed by atoms with Gasteiger partial charge in [-0.25, -0.2) is 0 Å². The van der Waals surface area contributed by atoms with Gasteiger partial charge < -0.3 is 15.7 Å². The van der Waals surface area contributed by atoms with Crippen molar-refractivity contribution in [2.24, 2.45) is 74.9 Å². The fraction of sp³-hybridized carbons (Fsp3) is 0.884. The van der Waals surface area contributed by atoms with Gasteiger partial charge in [0.15, 0.2) is 5.78 Å². The number of fused-ring (bicyclic) bond motifs is 7. The first-order valence-electron chi connectivity index (χ1n) is 20.6. The van der Waals surface area contributed by atoms with Crippen molar-refractivity contribution >= 4 is 17.5 Å². The standard InChI is InChI=1S/C43H68N2O4/c1-25(2)37-34(47)23-43(18-20-44-24-28-9-8-19-45-28)17-13-32-29(38(37)43)10-11-36-41(32,6)16-14-35-40(4,5)27(12-15-42(35,36)7)21-33(46)30-22-31(26(30)3)39(48)49/h25-32,35-36,44-45H,8-24H2,1-7H3,(H,48,49). The number of Topliss-reactive ketones (excluding diaryl/α,β-unsaturated/α-hetero) is 2. The van der Waals surface area contributed by atoms with Crippen LogP contribution in [0.2, 0.25) is 0 Å². The third-order valence-electron chi connectivity index (χ3n) is 17.3. The maximum atomic E-state index is 13.9. The van der Waals surface area contributed by atoms with Gasteiger partial charge in [-0.3, -0.25) is 14.4 Å². The summed E-state index contributed by atoms with van der Waals surface area (Å²) in [6.07, 6.45) is 15.3. The molecule has 7 rings (SSSR count). The number of nitrogens with one attached hydrogen (secondary N) is 2. The Bertz CT molecular complexity index is 1360. The van der Waals surface area contributed by atoms with Gasteiger partial charge in [-0.2, -0.15) is 0 Å². The third kappa shape index (κ3) is 5.66. The Balaban J connectivity index is 1.08. The molecule has 0 aromatic heterocycles. The van der Waals surface area contributed by atoms with Crippen molar-refractivity contribution in [3.63, 3.8) is 0 Å². The summed E-state index contributed by atoms with van der Waals surface area (Å²) in [7, 11) is 0. The Labute approximate surface area is 297 Å². The van der Waals surface area contributed by atoms with Crippen molar-refractivity contribution in [3.8, 4) is 0 Å². The summed E-state index contributed by atoms with van der Waals surface area (Å²) in [5.41, 5.74) is 3.55. The van der Waals surface area contributed by atoms with E-state index in [0.29, 0.717) is 71.4 Å². The van der Waals surface area contributed by atoms with Crippen molar-refractivity contribution in [3.05, 3.63) is 11.1 Å². The Morgan fingerprint density at radius 1 is 0.939 bits per heavy atom. The Hall–Kier alpha value is -1.53. The smallest absolute Gasteiger partial charge is 0.306 e. The molecule has 1 heterocycles. The molecule has 6 nitrogen and oxygen atoms in total. The van der Waals surface area contributed by atoms with Crippen molar-refractivity contribution in [2.45, 2.75) is 144 Å². The number of allylic oxidation sites excluding steroid dienone is 2.